The molecule has 0 aliphatic heterocycles. The molecule has 118 valence electrons. The van der Waals surface area contributed by atoms with E-state index < -0.39 is 17.7 Å². The largest absolute Gasteiger partial charge is 0.369 e. The molecule has 0 aromatic rings. The normalized spacial score (nSPS) is 10.9. The van der Waals surface area contributed by atoms with E-state index in [0.29, 0.717) is 6.42 Å². The van der Waals surface area contributed by atoms with Crippen molar-refractivity contribution in [3.63, 3.8) is 0 Å². The van der Waals surface area contributed by atoms with Crippen LogP contribution in [0.5, 0.6) is 0 Å². The van der Waals surface area contributed by atoms with Crippen molar-refractivity contribution >= 4 is 11.8 Å². The molecule has 0 spiro atoms. The zero-order chi connectivity index (χ0) is 15.2. The van der Waals surface area contributed by atoms with Crippen molar-refractivity contribution in [3.8, 4) is 0 Å². The maximum absolute atomic E-state index is 11.0. The van der Waals surface area contributed by atoms with Gasteiger partial charge in [0.2, 0.25) is 11.8 Å². The van der Waals surface area contributed by atoms with Crippen LogP contribution in [0.15, 0.2) is 0 Å². The second-order valence-electron chi connectivity index (χ2n) is 5.68. The van der Waals surface area contributed by atoms with E-state index in [2.05, 4.69) is 6.92 Å². The van der Waals surface area contributed by atoms with E-state index >= 15 is 0 Å². The molecule has 0 unspecified atom stereocenters. The van der Waals surface area contributed by atoms with E-state index in [1.165, 1.54) is 57.8 Å². The lowest BCUT2D eigenvalue weighted by Crippen LogP contribution is -2.34. The van der Waals surface area contributed by atoms with E-state index in [0.717, 1.165) is 12.8 Å². The van der Waals surface area contributed by atoms with E-state index in [1.54, 1.807) is 0 Å². The van der Waals surface area contributed by atoms with E-state index in [-0.39, 0.29) is 0 Å². The Hall–Kier alpha value is -1.06. The molecule has 0 aliphatic rings. The number of rotatable bonds is 14. The van der Waals surface area contributed by atoms with Gasteiger partial charge in [0.1, 0.15) is 5.92 Å². The highest BCUT2D eigenvalue weighted by Gasteiger charge is 2.20. The third-order valence-electron chi connectivity index (χ3n) is 3.78. The van der Waals surface area contributed by atoms with Crippen molar-refractivity contribution < 1.29 is 9.59 Å². The molecule has 0 heterocycles. The zero-order valence-electron chi connectivity index (χ0n) is 13.0. The summed E-state index contributed by atoms with van der Waals surface area (Å²) in [6.07, 6.45) is 14.2. The monoisotopic (exact) mass is 284 g/mol. The highest BCUT2D eigenvalue weighted by molar-refractivity contribution is 5.98. The van der Waals surface area contributed by atoms with Crippen LogP contribution in [0, 0.1) is 5.92 Å². The molecule has 4 N–H and O–H groups in total. The summed E-state index contributed by atoms with van der Waals surface area (Å²) in [7, 11) is 0. The molecule has 0 atom stereocenters. The molecular formula is C16H32N2O2. The van der Waals surface area contributed by atoms with Gasteiger partial charge in [0, 0.05) is 0 Å². The number of carbonyl (C=O) groups excluding carboxylic acids is 2. The van der Waals surface area contributed by atoms with Crippen molar-refractivity contribution in [2.75, 3.05) is 0 Å². The molecule has 2 amide bonds. The van der Waals surface area contributed by atoms with Gasteiger partial charge in [-0.3, -0.25) is 9.59 Å². The second-order valence-corrected chi connectivity index (χ2v) is 5.68. The lowest BCUT2D eigenvalue weighted by Gasteiger charge is -2.08. The van der Waals surface area contributed by atoms with Crippen LogP contribution in [-0.4, -0.2) is 11.8 Å². The van der Waals surface area contributed by atoms with Gasteiger partial charge < -0.3 is 11.5 Å². The summed E-state index contributed by atoms with van der Waals surface area (Å²) in [4.78, 5) is 22.0. The molecule has 0 aromatic carbocycles. The number of carbonyl (C=O) groups is 2. The molecule has 0 aliphatic carbocycles. The van der Waals surface area contributed by atoms with Gasteiger partial charge in [-0.15, -0.1) is 0 Å². The molecular weight excluding hydrogens is 252 g/mol. The summed E-state index contributed by atoms with van der Waals surface area (Å²) in [6.45, 7) is 2.24. The van der Waals surface area contributed by atoms with Crippen LogP contribution in [0.2, 0.25) is 0 Å². The first-order valence-electron chi connectivity index (χ1n) is 8.18. The fourth-order valence-electron chi connectivity index (χ4n) is 2.44. The van der Waals surface area contributed by atoms with Gasteiger partial charge >= 0.3 is 0 Å². The average Bonchev–Trinajstić information content (AvgIpc) is 2.39. The molecule has 0 aromatic heterocycles. The molecule has 0 bridgehead atoms. The van der Waals surface area contributed by atoms with Crippen LogP contribution in [0.4, 0.5) is 0 Å². The maximum atomic E-state index is 11.0. The van der Waals surface area contributed by atoms with Gasteiger partial charge in [0.05, 0.1) is 0 Å². The van der Waals surface area contributed by atoms with Crippen molar-refractivity contribution in [2.45, 2.75) is 84.0 Å². The molecule has 0 fully saturated rings. The maximum Gasteiger partial charge on any atom is 0.229 e. The van der Waals surface area contributed by atoms with E-state index in [4.69, 9.17) is 11.5 Å². The fraction of sp³-hybridized carbons (Fsp3) is 0.875. The van der Waals surface area contributed by atoms with Crippen LogP contribution < -0.4 is 11.5 Å². The average molecular weight is 284 g/mol. The molecule has 0 rings (SSSR count). The summed E-state index contributed by atoms with van der Waals surface area (Å²) < 4.78 is 0. The lowest BCUT2D eigenvalue weighted by molar-refractivity contribution is -0.131. The third-order valence-corrected chi connectivity index (χ3v) is 3.78. The molecule has 4 nitrogen and oxygen atoms in total. The predicted octanol–water partition coefficient (Wildman–Crippen LogP) is 3.27. The van der Waals surface area contributed by atoms with Gasteiger partial charge in [-0.25, -0.2) is 0 Å². The van der Waals surface area contributed by atoms with Crippen molar-refractivity contribution in [1.82, 2.24) is 0 Å². The van der Waals surface area contributed by atoms with Crippen LogP contribution in [0.1, 0.15) is 84.0 Å². The van der Waals surface area contributed by atoms with Gasteiger partial charge in [-0.2, -0.15) is 0 Å². The molecule has 0 saturated heterocycles. The predicted molar refractivity (Wildman–Crippen MR) is 83.0 cm³/mol. The summed E-state index contributed by atoms with van der Waals surface area (Å²) in [5.41, 5.74) is 10.3. The first kappa shape index (κ1) is 18.9. The Balaban J connectivity index is 3.32. The topological polar surface area (TPSA) is 86.2 Å². The smallest absolute Gasteiger partial charge is 0.229 e. The number of hydrogen-bond acceptors (Lipinski definition) is 2. The number of amides is 2. The summed E-state index contributed by atoms with van der Waals surface area (Å²) >= 11 is 0. The standard InChI is InChI=1S/C16H32N2O2/c1-2-3-4-5-6-7-8-9-10-11-12-13-14(15(17)19)16(18)20/h14H,2-13H2,1H3,(H2,17,19)(H2,18,20). The summed E-state index contributed by atoms with van der Waals surface area (Å²) in [5.74, 6) is -1.97. The Morgan fingerprint density at radius 3 is 1.40 bits per heavy atom. The fourth-order valence-corrected chi connectivity index (χ4v) is 2.44. The van der Waals surface area contributed by atoms with Crippen LogP contribution in [-0.2, 0) is 9.59 Å². The quantitative estimate of drug-likeness (QED) is 0.379. The lowest BCUT2D eigenvalue weighted by atomic mass is 9.99. The number of unbranched alkanes of at least 4 members (excludes halogenated alkanes) is 10. The summed E-state index contributed by atoms with van der Waals surface area (Å²) in [5, 5.41) is 0. The molecule has 0 radical (unpaired) electrons. The number of hydrogen-bond donors (Lipinski definition) is 2. The number of primary amides is 2. The number of nitrogens with two attached hydrogens (primary N) is 2. The first-order chi connectivity index (χ1) is 9.59. The van der Waals surface area contributed by atoms with Gasteiger partial charge in [-0.05, 0) is 6.42 Å². The molecule has 4 heteroatoms. The Bertz CT molecular complexity index is 253. The third kappa shape index (κ3) is 10.8. The van der Waals surface area contributed by atoms with Crippen LogP contribution in [0.25, 0.3) is 0 Å². The Labute approximate surface area is 123 Å². The SMILES string of the molecule is CCCCCCCCCCCCCC(C(N)=O)C(N)=O. The highest BCUT2D eigenvalue weighted by Crippen LogP contribution is 2.14. The summed E-state index contributed by atoms with van der Waals surface area (Å²) in [6, 6.07) is 0. The highest BCUT2D eigenvalue weighted by atomic mass is 16.2. The Kier molecular flexibility index (Phi) is 12.3. The van der Waals surface area contributed by atoms with Crippen LogP contribution in [0.3, 0.4) is 0 Å². The molecule has 0 saturated carbocycles. The first-order valence-corrected chi connectivity index (χ1v) is 8.18. The minimum absolute atomic E-state index is 0.502. The minimum Gasteiger partial charge on any atom is -0.369 e. The Morgan fingerprint density at radius 1 is 0.700 bits per heavy atom. The Morgan fingerprint density at radius 2 is 1.05 bits per heavy atom. The second kappa shape index (κ2) is 12.9. The minimum atomic E-state index is -0.784. The van der Waals surface area contributed by atoms with Crippen LogP contribution >= 0.6 is 0 Å². The van der Waals surface area contributed by atoms with Gasteiger partial charge in [0.25, 0.3) is 0 Å². The van der Waals surface area contributed by atoms with E-state index in [1.807, 2.05) is 0 Å². The zero-order valence-corrected chi connectivity index (χ0v) is 13.0. The van der Waals surface area contributed by atoms with Crippen molar-refractivity contribution in [1.29, 1.82) is 0 Å². The van der Waals surface area contributed by atoms with Crippen molar-refractivity contribution in [2.24, 2.45) is 17.4 Å². The van der Waals surface area contributed by atoms with Gasteiger partial charge in [0.15, 0.2) is 0 Å². The van der Waals surface area contributed by atoms with Gasteiger partial charge in [-0.1, -0.05) is 77.6 Å². The van der Waals surface area contributed by atoms with Crippen molar-refractivity contribution in [3.05, 3.63) is 0 Å². The molecule has 20 heavy (non-hydrogen) atoms. The van der Waals surface area contributed by atoms with E-state index in [9.17, 15) is 9.59 Å².